The fourth-order valence-electron chi connectivity index (χ4n) is 0.634. The maximum atomic E-state index is 10.7. The first-order chi connectivity index (χ1) is 4.30. The van der Waals surface area contributed by atoms with Crippen molar-refractivity contribution in [3.63, 3.8) is 0 Å². The van der Waals surface area contributed by atoms with E-state index >= 15 is 0 Å². The number of aromatic nitrogens is 1. The van der Waals surface area contributed by atoms with E-state index in [4.69, 9.17) is 0 Å². The Kier molecular flexibility index (Phi) is 1.80. The van der Waals surface area contributed by atoms with Gasteiger partial charge in [0.1, 0.15) is 6.10 Å². The normalized spacial score (nSPS) is 13.1. The van der Waals surface area contributed by atoms with Crippen LogP contribution in [0.15, 0.2) is 24.5 Å². The van der Waals surface area contributed by atoms with Crippen molar-refractivity contribution in [2.75, 3.05) is 0 Å². The third-order valence-corrected chi connectivity index (χ3v) is 1.18. The summed E-state index contributed by atoms with van der Waals surface area (Å²) >= 11 is 0. The fraction of sp³-hybridized carbons (Fsp3) is 0.286. The highest BCUT2D eigenvalue weighted by atomic mass is 16.3. The van der Waals surface area contributed by atoms with Gasteiger partial charge in [-0.15, -0.1) is 0 Å². The molecule has 1 heterocycles. The van der Waals surface area contributed by atoms with Crippen molar-refractivity contribution in [1.82, 2.24) is 4.98 Å². The van der Waals surface area contributed by atoms with Gasteiger partial charge in [-0.05, 0) is 24.6 Å². The van der Waals surface area contributed by atoms with Gasteiger partial charge in [0.05, 0.1) is 0 Å². The van der Waals surface area contributed by atoms with Crippen LogP contribution >= 0.6 is 0 Å². The van der Waals surface area contributed by atoms with Gasteiger partial charge in [0.25, 0.3) is 0 Å². The minimum atomic E-state index is -0.631. The van der Waals surface area contributed by atoms with Crippen LogP contribution < -0.4 is 0 Å². The average Bonchev–Trinajstić information content (AvgIpc) is 1.90. The highest BCUT2D eigenvalue weighted by molar-refractivity contribution is 5.11. The third-order valence-electron chi connectivity index (χ3n) is 1.18. The van der Waals surface area contributed by atoms with Gasteiger partial charge in [0.15, 0.2) is 0 Å². The standard InChI is InChI=1S/C7H8NO/c1-6(9)7-2-4-8-5-3-7/h2-6H,1H3/t6-/m0/s1. The molecular weight excluding hydrogens is 114 g/mol. The molecule has 0 fully saturated rings. The van der Waals surface area contributed by atoms with Gasteiger partial charge in [0, 0.05) is 12.4 Å². The van der Waals surface area contributed by atoms with Gasteiger partial charge in [0.2, 0.25) is 0 Å². The van der Waals surface area contributed by atoms with Crippen LogP contribution in [-0.4, -0.2) is 4.98 Å². The second-order valence-corrected chi connectivity index (χ2v) is 1.92. The monoisotopic (exact) mass is 122 g/mol. The lowest BCUT2D eigenvalue weighted by Crippen LogP contribution is -1.87. The second-order valence-electron chi connectivity index (χ2n) is 1.92. The van der Waals surface area contributed by atoms with Gasteiger partial charge in [-0.3, -0.25) is 4.98 Å². The third kappa shape index (κ3) is 1.50. The Labute approximate surface area is 54.2 Å². The van der Waals surface area contributed by atoms with Crippen molar-refractivity contribution in [1.29, 1.82) is 0 Å². The molecule has 0 bridgehead atoms. The van der Waals surface area contributed by atoms with Crippen molar-refractivity contribution in [3.05, 3.63) is 30.1 Å². The molecule has 1 aromatic heterocycles. The van der Waals surface area contributed by atoms with Crippen LogP contribution in [0.5, 0.6) is 0 Å². The predicted molar refractivity (Wildman–Crippen MR) is 33.3 cm³/mol. The van der Waals surface area contributed by atoms with Crippen LogP contribution in [0.3, 0.4) is 0 Å². The highest BCUT2D eigenvalue weighted by Gasteiger charge is 1.98. The van der Waals surface area contributed by atoms with E-state index in [9.17, 15) is 5.11 Å². The first-order valence-electron chi connectivity index (χ1n) is 2.86. The highest BCUT2D eigenvalue weighted by Crippen LogP contribution is 2.08. The van der Waals surface area contributed by atoms with Crippen molar-refractivity contribution in [2.45, 2.75) is 13.0 Å². The number of hydrogen-bond acceptors (Lipinski definition) is 1. The molecule has 1 atom stereocenters. The molecule has 2 nitrogen and oxygen atoms in total. The molecule has 9 heavy (non-hydrogen) atoms. The lowest BCUT2D eigenvalue weighted by molar-refractivity contribution is 0.106. The molecule has 0 saturated heterocycles. The summed E-state index contributed by atoms with van der Waals surface area (Å²) in [5, 5.41) is 10.7. The van der Waals surface area contributed by atoms with Crippen molar-refractivity contribution in [3.8, 4) is 0 Å². The second kappa shape index (κ2) is 2.60. The summed E-state index contributed by atoms with van der Waals surface area (Å²) < 4.78 is 0. The van der Waals surface area contributed by atoms with E-state index in [0.717, 1.165) is 5.56 Å². The molecule has 0 unspecified atom stereocenters. The van der Waals surface area contributed by atoms with Gasteiger partial charge in [-0.25, -0.2) is 5.11 Å². The average molecular weight is 122 g/mol. The minimum absolute atomic E-state index is 0.631. The maximum Gasteiger partial charge on any atom is 0.115 e. The molecule has 0 saturated carbocycles. The topological polar surface area (TPSA) is 32.8 Å². The minimum Gasteiger partial charge on any atom is -0.265 e. The van der Waals surface area contributed by atoms with Gasteiger partial charge in [-0.1, -0.05) is 0 Å². The van der Waals surface area contributed by atoms with Crippen LogP contribution in [0.4, 0.5) is 0 Å². The smallest absolute Gasteiger partial charge is 0.115 e. The summed E-state index contributed by atoms with van der Waals surface area (Å²) in [5.74, 6) is 0. The van der Waals surface area contributed by atoms with Crippen molar-refractivity contribution < 1.29 is 5.11 Å². The molecule has 0 spiro atoms. The van der Waals surface area contributed by atoms with E-state index in [-0.39, 0.29) is 0 Å². The Balaban J connectivity index is 2.85. The van der Waals surface area contributed by atoms with Crippen LogP contribution in [0.25, 0.3) is 0 Å². The van der Waals surface area contributed by atoms with Gasteiger partial charge in [-0.2, -0.15) is 0 Å². The maximum absolute atomic E-state index is 10.7. The number of rotatable bonds is 1. The predicted octanol–water partition coefficient (Wildman–Crippen LogP) is 1.57. The molecule has 0 aliphatic heterocycles. The lowest BCUT2D eigenvalue weighted by Gasteiger charge is -1.97. The summed E-state index contributed by atoms with van der Waals surface area (Å²) in [6, 6.07) is 3.47. The summed E-state index contributed by atoms with van der Waals surface area (Å²) in [7, 11) is 0. The molecule has 1 aromatic rings. The van der Waals surface area contributed by atoms with Gasteiger partial charge >= 0.3 is 0 Å². The molecule has 1 rings (SSSR count). The lowest BCUT2D eigenvalue weighted by atomic mass is 10.2. The Morgan fingerprint density at radius 1 is 1.44 bits per heavy atom. The van der Waals surface area contributed by atoms with Crippen molar-refractivity contribution >= 4 is 0 Å². The zero-order valence-corrected chi connectivity index (χ0v) is 5.24. The first-order valence-corrected chi connectivity index (χ1v) is 2.86. The van der Waals surface area contributed by atoms with Crippen LogP contribution in [-0.2, 0) is 5.11 Å². The molecule has 47 valence electrons. The SMILES string of the molecule is C[C@H]([O])c1ccncc1. The molecule has 0 aliphatic carbocycles. The zero-order valence-electron chi connectivity index (χ0n) is 5.24. The number of pyridine rings is 1. The molecule has 0 N–H and O–H groups in total. The molecule has 0 aliphatic rings. The Morgan fingerprint density at radius 3 is 2.33 bits per heavy atom. The molecule has 0 aromatic carbocycles. The summed E-state index contributed by atoms with van der Waals surface area (Å²) in [5.41, 5.74) is 0.796. The van der Waals surface area contributed by atoms with E-state index in [0.29, 0.717) is 0 Å². The van der Waals surface area contributed by atoms with Crippen LogP contribution in [0.1, 0.15) is 18.6 Å². The zero-order chi connectivity index (χ0) is 6.69. The first kappa shape index (κ1) is 6.23. The van der Waals surface area contributed by atoms with E-state index in [1.807, 2.05) is 0 Å². The van der Waals surface area contributed by atoms with E-state index in [1.165, 1.54) is 0 Å². The Bertz CT molecular complexity index is 172. The van der Waals surface area contributed by atoms with Gasteiger partial charge < -0.3 is 0 Å². The fourth-order valence-corrected chi connectivity index (χ4v) is 0.634. The largest absolute Gasteiger partial charge is 0.265 e. The molecule has 1 radical (unpaired) electrons. The molecule has 2 heteroatoms. The summed E-state index contributed by atoms with van der Waals surface area (Å²) in [4.78, 5) is 3.79. The molecule has 0 amide bonds. The quantitative estimate of drug-likeness (QED) is 0.556. The van der Waals surface area contributed by atoms with E-state index in [2.05, 4.69) is 4.98 Å². The molecular formula is C7H8NO. The Morgan fingerprint density at radius 2 is 2.00 bits per heavy atom. The number of nitrogens with zero attached hydrogens (tertiary/aromatic N) is 1. The van der Waals surface area contributed by atoms with E-state index in [1.54, 1.807) is 31.5 Å². The number of hydrogen-bond donors (Lipinski definition) is 0. The van der Waals surface area contributed by atoms with Crippen LogP contribution in [0, 0.1) is 0 Å². The van der Waals surface area contributed by atoms with E-state index < -0.39 is 6.10 Å². The van der Waals surface area contributed by atoms with Crippen LogP contribution in [0.2, 0.25) is 0 Å². The Hall–Kier alpha value is -0.890. The summed E-state index contributed by atoms with van der Waals surface area (Å²) in [6.07, 6.45) is 2.63. The summed E-state index contributed by atoms with van der Waals surface area (Å²) in [6.45, 7) is 1.62. The van der Waals surface area contributed by atoms with Crippen molar-refractivity contribution in [2.24, 2.45) is 0 Å².